The number of hydrogen-bond donors (Lipinski definition) is 2. The molecule has 1 fully saturated rings. The third kappa shape index (κ3) is 3.99. The van der Waals surface area contributed by atoms with Gasteiger partial charge in [-0.1, -0.05) is 19.3 Å². The Hall–Kier alpha value is -0.800. The SMILES string of the molecule is c1cc(CNCCOC2CCCCC2)c[nH]1. The quantitative estimate of drug-likeness (QED) is 0.725. The molecule has 3 heteroatoms. The fraction of sp³-hybridized carbons (Fsp3) is 0.692. The van der Waals surface area contributed by atoms with Crippen molar-refractivity contribution in [1.82, 2.24) is 10.3 Å². The minimum atomic E-state index is 0.530. The molecule has 1 saturated carbocycles. The summed E-state index contributed by atoms with van der Waals surface area (Å²) in [5.41, 5.74) is 1.30. The van der Waals surface area contributed by atoms with Crippen molar-refractivity contribution in [2.75, 3.05) is 13.2 Å². The molecule has 2 rings (SSSR count). The van der Waals surface area contributed by atoms with Gasteiger partial charge in [0, 0.05) is 25.5 Å². The molecule has 2 N–H and O–H groups in total. The lowest BCUT2D eigenvalue weighted by Crippen LogP contribution is -2.24. The molecule has 1 aliphatic carbocycles. The van der Waals surface area contributed by atoms with Gasteiger partial charge in [-0.05, 0) is 24.5 Å². The number of ether oxygens (including phenoxy) is 1. The van der Waals surface area contributed by atoms with Crippen LogP contribution in [-0.2, 0) is 11.3 Å². The molecular formula is C13H22N2O. The van der Waals surface area contributed by atoms with Crippen molar-refractivity contribution < 1.29 is 4.74 Å². The molecule has 16 heavy (non-hydrogen) atoms. The summed E-state index contributed by atoms with van der Waals surface area (Å²) in [5.74, 6) is 0. The Kier molecular flexibility index (Phi) is 4.90. The second-order valence-corrected chi connectivity index (χ2v) is 4.53. The third-order valence-electron chi connectivity index (χ3n) is 3.18. The van der Waals surface area contributed by atoms with Gasteiger partial charge < -0.3 is 15.0 Å². The fourth-order valence-electron chi connectivity index (χ4n) is 2.23. The summed E-state index contributed by atoms with van der Waals surface area (Å²) in [6.45, 7) is 2.72. The lowest BCUT2D eigenvalue weighted by atomic mass is 9.98. The van der Waals surface area contributed by atoms with Crippen LogP contribution in [-0.4, -0.2) is 24.2 Å². The number of aromatic amines is 1. The maximum atomic E-state index is 5.83. The van der Waals surface area contributed by atoms with Gasteiger partial charge in [-0.25, -0.2) is 0 Å². The Morgan fingerprint density at radius 1 is 1.31 bits per heavy atom. The zero-order valence-electron chi connectivity index (χ0n) is 9.87. The summed E-state index contributed by atoms with van der Waals surface area (Å²) in [4.78, 5) is 3.05. The first kappa shape index (κ1) is 11.7. The van der Waals surface area contributed by atoms with E-state index in [0.29, 0.717) is 6.10 Å². The molecule has 0 atom stereocenters. The van der Waals surface area contributed by atoms with E-state index in [-0.39, 0.29) is 0 Å². The molecule has 1 aliphatic rings. The first-order chi connectivity index (χ1) is 7.95. The van der Waals surface area contributed by atoms with Gasteiger partial charge in [0.15, 0.2) is 0 Å². The predicted molar refractivity (Wildman–Crippen MR) is 65.3 cm³/mol. The average Bonchev–Trinajstić information content (AvgIpc) is 2.83. The Morgan fingerprint density at radius 3 is 2.94 bits per heavy atom. The Morgan fingerprint density at radius 2 is 2.19 bits per heavy atom. The molecule has 0 saturated heterocycles. The van der Waals surface area contributed by atoms with Gasteiger partial charge in [-0.3, -0.25) is 0 Å². The van der Waals surface area contributed by atoms with Crippen molar-refractivity contribution in [2.45, 2.75) is 44.8 Å². The number of rotatable bonds is 6. The van der Waals surface area contributed by atoms with Gasteiger partial charge in [0.1, 0.15) is 0 Å². The average molecular weight is 222 g/mol. The molecule has 0 unspecified atom stereocenters. The summed E-state index contributed by atoms with van der Waals surface area (Å²) in [6, 6.07) is 2.09. The smallest absolute Gasteiger partial charge is 0.0594 e. The van der Waals surface area contributed by atoms with Crippen molar-refractivity contribution >= 4 is 0 Å². The highest BCUT2D eigenvalue weighted by Gasteiger charge is 2.12. The van der Waals surface area contributed by atoms with Crippen LogP contribution in [0.25, 0.3) is 0 Å². The fourth-order valence-corrected chi connectivity index (χ4v) is 2.23. The van der Waals surface area contributed by atoms with Gasteiger partial charge in [-0.15, -0.1) is 0 Å². The second kappa shape index (κ2) is 6.71. The maximum absolute atomic E-state index is 5.83. The zero-order chi connectivity index (χ0) is 11.1. The Labute approximate surface area is 97.6 Å². The van der Waals surface area contributed by atoms with E-state index in [1.165, 1.54) is 37.7 Å². The number of hydrogen-bond acceptors (Lipinski definition) is 2. The molecule has 3 nitrogen and oxygen atoms in total. The van der Waals surface area contributed by atoms with Crippen LogP contribution in [0.1, 0.15) is 37.7 Å². The van der Waals surface area contributed by atoms with Crippen molar-refractivity contribution in [1.29, 1.82) is 0 Å². The van der Waals surface area contributed by atoms with E-state index < -0.39 is 0 Å². The van der Waals surface area contributed by atoms with E-state index in [2.05, 4.69) is 16.4 Å². The largest absolute Gasteiger partial charge is 0.377 e. The van der Waals surface area contributed by atoms with Crippen molar-refractivity contribution in [2.24, 2.45) is 0 Å². The highest BCUT2D eigenvalue weighted by Crippen LogP contribution is 2.19. The highest BCUT2D eigenvalue weighted by atomic mass is 16.5. The molecule has 0 bridgehead atoms. The van der Waals surface area contributed by atoms with E-state index in [9.17, 15) is 0 Å². The molecule has 0 aliphatic heterocycles. The molecule has 1 aromatic heterocycles. The Bertz CT molecular complexity index is 265. The van der Waals surface area contributed by atoms with Gasteiger partial charge in [-0.2, -0.15) is 0 Å². The standard InChI is InChI=1S/C13H22N2O/c1-2-4-13(5-3-1)16-9-8-15-11-12-6-7-14-10-12/h6-7,10,13-15H,1-5,8-9,11H2. The summed E-state index contributed by atoms with van der Waals surface area (Å²) >= 11 is 0. The lowest BCUT2D eigenvalue weighted by molar-refractivity contribution is 0.0302. The van der Waals surface area contributed by atoms with Crippen LogP contribution in [0.4, 0.5) is 0 Å². The minimum absolute atomic E-state index is 0.530. The Balaban J connectivity index is 1.48. The van der Waals surface area contributed by atoms with E-state index in [4.69, 9.17) is 4.74 Å². The van der Waals surface area contributed by atoms with Crippen LogP contribution in [0.2, 0.25) is 0 Å². The zero-order valence-corrected chi connectivity index (χ0v) is 9.87. The number of aromatic nitrogens is 1. The first-order valence-corrected chi connectivity index (χ1v) is 6.39. The van der Waals surface area contributed by atoms with E-state index in [1.807, 2.05) is 12.4 Å². The van der Waals surface area contributed by atoms with Crippen LogP contribution in [0.15, 0.2) is 18.5 Å². The molecule has 1 heterocycles. The molecule has 90 valence electrons. The van der Waals surface area contributed by atoms with Gasteiger partial charge >= 0.3 is 0 Å². The van der Waals surface area contributed by atoms with Gasteiger partial charge in [0.2, 0.25) is 0 Å². The third-order valence-corrected chi connectivity index (χ3v) is 3.18. The van der Waals surface area contributed by atoms with E-state index >= 15 is 0 Å². The van der Waals surface area contributed by atoms with Crippen LogP contribution in [0, 0.1) is 0 Å². The first-order valence-electron chi connectivity index (χ1n) is 6.39. The van der Waals surface area contributed by atoms with Crippen LogP contribution in [0.5, 0.6) is 0 Å². The molecule has 0 radical (unpaired) electrons. The van der Waals surface area contributed by atoms with Crippen molar-refractivity contribution in [3.8, 4) is 0 Å². The molecular weight excluding hydrogens is 200 g/mol. The van der Waals surface area contributed by atoms with Crippen LogP contribution < -0.4 is 5.32 Å². The lowest BCUT2D eigenvalue weighted by Gasteiger charge is -2.21. The molecule has 0 amide bonds. The monoisotopic (exact) mass is 222 g/mol. The molecule has 0 spiro atoms. The summed E-state index contributed by atoms with van der Waals surface area (Å²) < 4.78 is 5.83. The maximum Gasteiger partial charge on any atom is 0.0594 e. The summed E-state index contributed by atoms with van der Waals surface area (Å²) in [5, 5.41) is 3.38. The second-order valence-electron chi connectivity index (χ2n) is 4.53. The van der Waals surface area contributed by atoms with Crippen molar-refractivity contribution in [3.63, 3.8) is 0 Å². The number of H-pyrrole nitrogens is 1. The van der Waals surface area contributed by atoms with E-state index in [0.717, 1.165) is 19.7 Å². The minimum Gasteiger partial charge on any atom is -0.377 e. The number of nitrogens with one attached hydrogen (secondary N) is 2. The highest BCUT2D eigenvalue weighted by molar-refractivity contribution is 5.07. The van der Waals surface area contributed by atoms with Crippen molar-refractivity contribution in [3.05, 3.63) is 24.0 Å². The molecule has 0 aromatic carbocycles. The summed E-state index contributed by atoms with van der Waals surface area (Å²) in [6.07, 6.45) is 11.1. The van der Waals surface area contributed by atoms with Gasteiger partial charge in [0.25, 0.3) is 0 Å². The van der Waals surface area contributed by atoms with E-state index in [1.54, 1.807) is 0 Å². The summed E-state index contributed by atoms with van der Waals surface area (Å²) in [7, 11) is 0. The molecule has 1 aromatic rings. The van der Waals surface area contributed by atoms with Crippen LogP contribution >= 0.6 is 0 Å². The normalized spacial score (nSPS) is 17.8. The predicted octanol–water partition coefficient (Wildman–Crippen LogP) is 2.45. The van der Waals surface area contributed by atoms with Crippen LogP contribution in [0.3, 0.4) is 0 Å². The topological polar surface area (TPSA) is 37.0 Å². The van der Waals surface area contributed by atoms with Gasteiger partial charge in [0.05, 0.1) is 12.7 Å².